The highest BCUT2D eigenvalue weighted by Crippen LogP contribution is 2.34. The highest BCUT2D eigenvalue weighted by Gasteiger charge is 2.20. The number of hydrogen-bond donors (Lipinski definition) is 2. The predicted molar refractivity (Wildman–Crippen MR) is 137 cm³/mol. The van der Waals surface area contributed by atoms with Gasteiger partial charge in [0.05, 0.1) is 0 Å². The zero-order chi connectivity index (χ0) is 24.7. The number of ether oxygens (including phenoxy) is 1. The molecule has 0 saturated heterocycles. The Balaban J connectivity index is 1.75. The van der Waals surface area contributed by atoms with Crippen molar-refractivity contribution in [1.29, 1.82) is 0 Å². The van der Waals surface area contributed by atoms with Crippen molar-refractivity contribution in [3.63, 3.8) is 0 Å². The van der Waals surface area contributed by atoms with Crippen LogP contribution in [0.5, 0.6) is 0 Å². The van der Waals surface area contributed by atoms with Crippen LogP contribution in [0.25, 0.3) is 5.57 Å². The number of carbonyl (C=O) groups excluding carboxylic acids is 2. The molecule has 0 spiro atoms. The largest absolute Gasteiger partial charge is 0.444 e. The fourth-order valence-corrected chi connectivity index (χ4v) is 4.05. The smallest absolute Gasteiger partial charge is 0.407 e. The summed E-state index contributed by atoms with van der Waals surface area (Å²) in [6.45, 7) is 7.03. The van der Waals surface area contributed by atoms with Crippen molar-refractivity contribution in [2.75, 3.05) is 33.7 Å². The van der Waals surface area contributed by atoms with E-state index in [1.165, 1.54) is 22.3 Å². The summed E-state index contributed by atoms with van der Waals surface area (Å²) in [5.41, 5.74) is 6.25. The molecule has 1 aliphatic carbocycles. The molecular formula is C28H37N3O3. The number of carbonyl (C=O) groups is 2. The number of hydrogen-bond acceptors (Lipinski definition) is 4. The standard InChI is InChI=1S/C28H37N3O3/c1-28(2,3)34-27(33)30-17-16-29-26(32)22-15-14-21-13-12-20-9-6-7-10-23(20)24(25(21)19-22)11-8-18-31(4)5/h6-7,9-11,14-15,19H,8,12-13,16-18H2,1-5H3,(H,29,32)(H,30,33)/b24-11-. The lowest BCUT2D eigenvalue weighted by Gasteiger charge is -2.19. The molecule has 3 rings (SSSR count). The van der Waals surface area contributed by atoms with Crippen molar-refractivity contribution in [2.45, 2.75) is 45.6 Å². The Labute approximate surface area is 203 Å². The second kappa shape index (κ2) is 11.3. The first-order valence-electron chi connectivity index (χ1n) is 12.0. The van der Waals surface area contributed by atoms with Crippen LogP contribution >= 0.6 is 0 Å². The molecular weight excluding hydrogens is 426 g/mol. The van der Waals surface area contributed by atoms with Crippen LogP contribution in [0.15, 0.2) is 48.5 Å². The third-order valence-corrected chi connectivity index (χ3v) is 5.64. The number of nitrogens with one attached hydrogen (secondary N) is 2. The Hall–Kier alpha value is -3.12. The molecule has 0 fully saturated rings. The molecule has 34 heavy (non-hydrogen) atoms. The van der Waals surface area contributed by atoms with E-state index in [1.54, 1.807) is 0 Å². The lowest BCUT2D eigenvalue weighted by Crippen LogP contribution is -2.37. The third kappa shape index (κ3) is 7.19. The molecule has 0 aromatic heterocycles. The van der Waals surface area contributed by atoms with E-state index in [0.717, 1.165) is 31.4 Å². The molecule has 2 aromatic rings. The number of benzene rings is 2. The number of amides is 2. The fourth-order valence-electron chi connectivity index (χ4n) is 4.05. The second-order valence-corrected chi connectivity index (χ2v) is 9.92. The van der Waals surface area contributed by atoms with Gasteiger partial charge in [0.2, 0.25) is 0 Å². The van der Waals surface area contributed by atoms with Gasteiger partial charge in [-0.3, -0.25) is 4.79 Å². The van der Waals surface area contributed by atoms with Crippen LogP contribution in [0, 0.1) is 0 Å². The molecule has 6 heteroatoms. The van der Waals surface area contributed by atoms with Crippen LogP contribution in [-0.2, 0) is 17.6 Å². The van der Waals surface area contributed by atoms with Crippen molar-refractivity contribution in [3.8, 4) is 0 Å². The predicted octanol–water partition coefficient (Wildman–Crippen LogP) is 4.42. The fraction of sp³-hybridized carbons (Fsp3) is 0.429. The van der Waals surface area contributed by atoms with E-state index >= 15 is 0 Å². The van der Waals surface area contributed by atoms with E-state index in [2.05, 4.69) is 66.0 Å². The number of fused-ring (bicyclic) bond motifs is 2. The highest BCUT2D eigenvalue weighted by molar-refractivity contribution is 5.96. The molecule has 2 amide bonds. The van der Waals surface area contributed by atoms with Gasteiger partial charge < -0.3 is 20.3 Å². The van der Waals surface area contributed by atoms with E-state index in [4.69, 9.17) is 4.74 Å². The van der Waals surface area contributed by atoms with Crippen molar-refractivity contribution in [3.05, 3.63) is 76.4 Å². The normalized spacial score (nSPS) is 14.2. The van der Waals surface area contributed by atoms with E-state index in [1.807, 2.05) is 32.9 Å². The van der Waals surface area contributed by atoms with E-state index in [0.29, 0.717) is 18.7 Å². The van der Waals surface area contributed by atoms with Crippen LogP contribution in [0.2, 0.25) is 0 Å². The van der Waals surface area contributed by atoms with Crippen molar-refractivity contribution >= 4 is 17.6 Å². The molecule has 0 saturated carbocycles. The van der Waals surface area contributed by atoms with Crippen LogP contribution < -0.4 is 10.6 Å². The highest BCUT2D eigenvalue weighted by atomic mass is 16.6. The van der Waals surface area contributed by atoms with Gasteiger partial charge in [-0.15, -0.1) is 0 Å². The topological polar surface area (TPSA) is 70.7 Å². The summed E-state index contributed by atoms with van der Waals surface area (Å²) >= 11 is 0. The third-order valence-electron chi connectivity index (χ3n) is 5.64. The van der Waals surface area contributed by atoms with Gasteiger partial charge in [0, 0.05) is 25.2 Å². The first-order valence-corrected chi connectivity index (χ1v) is 12.0. The Bertz CT molecular complexity index is 1050. The van der Waals surface area contributed by atoms with Crippen LogP contribution in [0.4, 0.5) is 4.79 Å². The number of rotatable bonds is 7. The van der Waals surface area contributed by atoms with Gasteiger partial charge >= 0.3 is 6.09 Å². The molecule has 0 bridgehead atoms. The SMILES string of the molecule is CN(C)CC/C=C1/c2ccccc2CCc2ccc(C(=O)NCCNC(=O)OC(C)(C)C)cc21. The monoisotopic (exact) mass is 463 g/mol. The zero-order valence-corrected chi connectivity index (χ0v) is 21.0. The zero-order valence-electron chi connectivity index (χ0n) is 21.0. The van der Waals surface area contributed by atoms with E-state index < -0.39 is 11.7 Å². The first-order chi connectivity index (χ1) is 16.1. The maximum atomic E-state index is 12.9. The number of alkyl carbamates (subject to hydrolysis) is 1. The summed E-state index contributed by atoms with van der Waals surface area (Å²) in [4.78, 5) is 26.8. The number of aryl methyl sites for hydroxylation is 2. The Kier molecular flexibility index (Phi) is 8.51. The average molecular weight is 464 g/mol. The Morgan fingerprint density at radius 3 is 2.35 bits per heavy atom. The summed E-state index contributed by atoms with van der Waals surface area (Å²) in [6, 6.07) is 14.5. The van der Waals surface area contributed by atoms with Crippen LogP contribution in [-0.4, -0.2) is 56.2 Å². The molecule has 2 N–H and O–H groups in total. The maximum Gasteiger partial charge on any atom is 0.407 e. The van der Waals surface area contributed by atoms with Crippen molar-refractivity contribution < 1.29 is 14.3 Å². The second-order valence-electron chi connectivity index (χ2n) is 9.92. The minimum atomic E-state index is -0.550. The minimum Gasteiger partial charge on any atom is -0.444 e. The van der Waals surface area contributed by atoms with Crippen molar-refractivity contribution in [2.24, 2.45) is 0 Å². The van der Waals surface area contributed by atoms with Crippen molar-refractivity contribution in [1.82, 2.24) is 15.5 Å². The summed E-state index contributed by atoms with van der Waals surface area (Å²) in [5.74, 6) is -0.154. The molecule has 182 valence electrons. The molecule has 0 atom stereocenters. The first kappa shape index (κ1) is 25.5. The van der Waals surface area contributed by atoms with Gasteiger partial charge in [-0.25, -0.2) is 4.79 Å². The lowest BCUT2D eigenvalue weighted by molar-refractivity contribution is 0.0526. The molecule has 0 radical (unpaired) electrons. The lowest BCUT2D eigenvalue weighted by atomic mass is 9.91. The minimum absolute atomic E-state index is 0.154. The van der Waals surface area contributed by atoms with Gasteiger partial charge in [0.25, 0.3) is 5.91 Å². The van der Waals surface area contributed by atoms with Crippen LogP contribution in [0.1, 0.15) is 59.8 Å². The Morgan fingerprint density at radius 1 is 0.971 bits per heavy atom. The maximum absolute atomic E-state index is 12.9. The average Bonchev–Trinajstić information content (AvgIpc) is 2.92. The summed E-state index contributed by atoms with van der Waals surface area (Å²) in [6.07, 6.45) is 4.67. The molecule has 0 unspecified atom stereocenters. The van der Waals surface area contributed by atoms with Gasteiger partial charge in [0.15, 0.2) is 0 Å². The molecule has 6 nitrogen and oxygen atoms in total. The van der Waals surface area contributed by atoms with Gasteiger partial charge in [-0.2, -0.15) is 0 Å². The van der Waals surface area contributed by atoms with E-state index in [9.17, 15) is 9.59 Å². The van der Waals surface area contributed by atoms with E-state index in [-0.39, 0.29) is 5.91 Å². The van der Waals surface area contributed by atoms with Gasteiger partial charge in [-0.05, 0) is 94.1 Å². The van der Waals surface area contributed by atoms with Gasteiger partial charge in [0.1, 0.15) is 5.60 Å². The van der Waals surface area contributed by atoms with Gasteiger partial charge in [-0.1, -0.05) is 36.4 Å². The van der Waals surface area contributed by atoms with Crippen LogP contribution in [0.3, 0.4) is 0 Å². The summed E-state index contributed by atoms with van der Waals surface area (Å²) < 4.78 is 5.22. The Morgan fingerprint density at radius 2 is 1.65 bits per heavy atom. The number of nitrogens with zero attached hydrogens (tertiary/aromatic N) is 1. The summed E-state index contributed by atoms with van der Waals surface area (Å²) in [5, 5.41) is 5.56. The molecule has 2 aromatic carbocycles. The summed E-state index contributed by atoms with van der Waals surface area (Å²) in [7, 11) is 4.15. The molecule has 0 heterocycles. The molecule has 0 aliphatic heterocycles. The molecule has 1 aliphatic rings. The quantitative estimate of drug-likeness (QED) is 0.596.